The zero-order valence-electron chi connectivity index (χ0n) is 13.2. The second kappa shape index (κ2) is 7.54. The van der Waals surface area contributed by atoms with E-state index < -0.39 is 0 Å². The van der Waals surface area contributed by atoms with E-state index in [0.717, 1.165) is 23.4 Å². The van der Waals surface area contributed by atoms with Crippen LogP contribution >= 0.6 is 0 Å². The van der Waals surface area contributed by atoms with E-state index in [1.165, 1.54) is 0 Å². The van der Waals surface area contributed by atoms with Crippen LogP contribution < -0.4 is 10.1 Å². The molecule has 1 aromatic heterocycles. The Labute approximate surface area is 130 Å². The molecule has 0 fully saturated rings. The molecule has 0 aliphatic carbocycles. The lowest BCUT2D eigenvalue weighted by atomic mass is 9.97. The predicted molar refractivity (Wildman–Crippen MR) is 85.9 cm³/mol. The van der Waals surface area contributed by atoms with Gasteiger partial charge in [0.25, 0.3) is 0 Å². The number of benzene rings is 1. The van der Waals surface area contributed by atoms with E-state index in [4.69, 9.17) is 4.74 Å². The molecule has 2 aromatic rings. The lowest BCUT2D eigenvalue weighted by Gasteiger charge is -2.13. The van der Waals surface area contributed by atoms with Gasteiger partial charge in [-0.1, -0.05) is 25.1 Å². The first-order valence-electron chi connectivity index (χ1n) is 7.30. The number of carbonyl (C=O) groups is 1. The summed E-state index contributed by atoms with van der Waals surface area (Å²) in [5, 5.41) is 2.74. The van der Waals surface area contributed by atoms with Crippen LogP contribution in [0.15, 0.2) is 36.5 Å². The highest BCUT2D eigenvalue weighted by atomic mass is 16.5. The molecule has 1 atom stereocenters. The summed E-state index contributed by atoms with van der Waals surface area (Å²) in [5.41, 5.74) is 1.93. The summed E-state index contributed by atoms with van der Waals surface area (Å²) in [5.74, 6) is 1.33. The average Bonchev–Trinajstić information content (AvgIpc) is 2.47. The number of carbonyl (C=O) groups excluding carboxylic acids is 1. The minimum atomic E-state index is -0.0759. The highest BCUT2D eigenvalue weighted by Gasteiger charge is 2.13. The number of aromatic nitrogens is 2. The molecule has 2 rings (SSSR count). The topological polar surface area (TPSA) is 64.1 Å². The van der Waals surface area contributed by atoms with E-state index in [1.807, 2.05) is 38.1 Å². The van der Waals surface area contributed by atoms with Crippen LogP contribution in [0.2, 0.25) is 0 Å². The molecule has 0 aliphatic rings. The Bertz CT molecular complexity index is 643. The molecular formula is C17H21N3O2. The smallest absolute Gasteiger partial charge is 0.229 e. The van der Waals surface area contributed by atoms with Crippen molar-refractivity contribution >= 4 is 11.9 Å². The van der Waals surface area contributed by atoms with E-state index >= 15 is 0 Å². The van der Waals surface area contributed by atoms with Crippen LogP contribution in [-0.4, -0.2) is 23.0 Å². The summed E-state index contributed by atoms with van der Waals surface area (Å²) in [4.78, 5) is 20.3. The van der Waals surface area contributed by atoms with Gasteiger partial charge in [-0.05, 0) is 37.0 Å². The van der Waals surface area contributed by atoms with Crippen molar-refractivity contribution < 1.29 is 9.53 Å². The zero-order valence-corrected chi connectivity index (χ0v) is 13.2. The van der Waals surface area contributed by atoms with Crippen molar-refractivity contribution in [1.82, 2.24) is 9.97 Å². The fourth-order valence-electron chi connectivity index (χ4n) is 2.32. The molecule has 1 N–H and O–H groups in total. The number of anilines is 1. The molecule has 1 amide bonds. The molecule has 22 heavy (non-hydrogen) atoms. The maximum absolute atomic E-state index is 12.1. The second-order valence-corrected chi connectivity index (χ2v) is 5.40. The number of nitrogens with zero attached hydrogens (tertiary/aromatic N) is 2. The van der Waals surface area contributed by atoms with Gasteiger partial charge in [0.15, 0.2) is 0 Å². The van der Waals surface area contributed by atoms with Crippen molar-refractivity contribution in [2.45, 2.75) is 26.7 Å². The van der Waals surface area contributed by atoms with Crippen LogP contribution in [0, 0.1) is 12.8 Å². The third-order valence-electron chi connectivity index (χ3n) is 3.34. The first-order valence-corrected chi connectivity index (χ1v) is 7.30. The Kier molecular flexibility index (Phi) is 5.47. The van der Waals surface area contributed by atoms with Gasteiger partial charge in [0, 0.05) is 18.3 Å². The fraction of sp³-hybridized carbons (Fsp3) is 0.353. The minimum absolute atomic E-state index is 0.0759. The standard InChI is InChI=1S/C17H21N3O2/c1-12(10-14-6-4-5-7-15(14)22-3)11-16(21)20-17-18-9-8-13(2)19-17/h4-9,12H,10-11H2,1-3H3,(H,18,19,20,21)/t12-/m1/s1. The van der Waals surface area contributed by atoms with E-state index in [-0.39, 0.29) is 11.8 Å². The Morgan fingerprint density at radius 1 is 1.32 bits per heavy atom. The van der Waals surface area contributed by atoms with E-state index in [9.17, 15) is 4.79 Å². The Morgan fingerprint density at radius 3 is 2.82 bits per heavy atom. The van der Waals surface area contributed by atoms with Crippen LogP contribution in [0.4, 0.5) is 5.95 Å². The molecular weight excluding hydrogens is 278 g/mol. The Hall–Kier alpha value is -2.43. The predicted octanol–water partition coefficient (Wildman–Crippen LogP) is 3.00. The molecule has 0 spiro atoms. The molecule has 0 saturated carbocycles. The molecule has 1 heterocycles. The van der Waals surface area contributed by atoms with Crippen LogP contribution in [0.3, 0.4) is 0 Å². The molecule has 0 bridgehead atoms. The molecule has 116 valence electrons. The van der Waals surface area contributed by atoms with Gasteiger partial charge in [0.1, 0.15) is 5.75 Å². The summed E-state index contributed by atoms with van der Waals surface area (Å²) in [6, 6.07) is 9.67. The number of amides is 1. The van der Waals surface area contributed by atoms with Crippen LogP contribution in [0.5, 0.6) is 5.75 Å². The van der Waals surface area contributed by atoms with Gasteiger partial charge >= 0.3 is 0 Å². The van der Waals surface area contributed by atoms with E-state index in [2.05, 4.69) is 15.3 Å². The number of methoxy groups -OCH3 is 1. The molecule has 5 nitrogen and oxygen atoms in total. The third kappa shape index (κ3) is 4.55. The van der Waals surface area contributed by atoms with Gasteiger partial charge in [-0.25, -0.2) is 9.97 Å². The lowest BCUT2D eigenvalue weighted by molar-refractivity contribution is -0.117. The maximum Gasteiger partial charge on any atom is 0.229 e. The number of nitrogens with one attached hydrogen (secondary N) is 1. The van der Waals surface area contributed by atoms with Crippen molar-refractivity contribution in [3.63, 3.8) is 0 Å². The van der Waals surface area contributed by atoms with Crippen molar-refractivity contribution in [2.24, 2.45) is 5.92 Å². The highest BCUT2D eigenvalue weighted by Crippen LogP contribution is 2.22. The molecule has 0 radical (unpaired) electrons. The second-order valence-electron chi connectivity index (χ2n) is 5.40. The molecule has 0 saturated heterocycles. The van der Waals surface area contributed by atoms with Crippen LogP contribution in [0.1, 0.15) is 24.6 Å². The van der Waals surface area contributed by atoms with Gasteiger partial charge in [0.2, 0.25) is 11.9 Å². The normalized spacial score (nSPS) is 11.8. The molecule has 5 heteroatoms. The first kappa shape index (κ1) is 15.9. The fourth-order valence-corrected chi connectivity index (χ4v) is 2.32. The van der Waals surface area contributed by atoms with Crippen molar-refractivity contribution in [3.8, 4) is 5.75 Å². The van der Waals surface area contributed by atoms with Gasteiger partial charge in [-0.15, -0.1) is 0 Å². The summed E-state index contributed by atoms with van der Waals surface area (Å²) in [6.45, 7) is 3.91. The Balaban J connectivity index is 1.91. The van der Waals surface area contributed by atoms with Gasteiger partial charge in [-0.2, -0.15) is 0 Å². The van der Waals surface area contributed by atoms with Gasteiger partial charge in [0.05, 0.1) is 7.11 Å². The monoisotopic (exact) mass is 299 g/mol. The van der Waals surface area contributed by atoms with E-state index in [1.54, 1.807) is 19.4 Å². The Morgan fingerprint density at radius 2 is 2.09 bits per heavy atom. The highest BCUT2D eigenvalue weighted by molar-refractivity contribution is 5.89. The lowest BCUT2D eigenvalue weighted by Crippen LogP contribution is -2.18. The summed E-state index contributed by atoms with van der Waals surface area (Å²) in [7, 11) is 1.66. The minimum Gasteiger partial charge on any atom is -0.496 e. The van der Waals surface area contributed by atoms with Crippen molar-refractivity contribution in [3.05, 3.63) is 47.8 Å². The zero-order chi connectivity index (χ0) is 15.9. The summed E-state index contributed by atoms with van der Waals surface area (Å²) in [6.07, 6.45) is 2.83. The third-order valence-corrected chi connectivity index (χ3v) is 3.34. The maximum atomic E-state index is 12.1. The van der Waals surface area contributed by atoms with Crippen molar-refractivity contribution in [1.29, 1.82) is 0 Å². The van der Waals surface area contributed by atoms with Crippen molar-refractivity contribution in [2.75, 3.05) is 12.4 Å². The number of aryl methyl sites for hydroxylation is 1. The van der Waals surface area contributed by atoms with E-state index in [0.29, 0.717) is 12.4 Å². The number of ether oxygens (including phenoxy) is 1. The summed E-state index contributed by atoms with van der Waals surface area (Å²) >= 11 is 0. The number of rotatable bonds is 6. The molecule has 0 unspecified atom stereocenters. The molecule has 0 aliphatic heterocycles. The number of para-hydroxylation sites is 1. The van der Waals surface area contributed by atoms with Crippen LogP contribution in [0.25, 0.3) is 0 Å². The van der Waals surface area contributed by atoms with Gasteiger partial charge < -0.3 is 4.74 Å². The number of hydrogen-bond acceptors (Lipinski definition) is 4. The van der Waals surface area contributed by atoms with Gasteiger partial charge in [-0.3, -0.25) is 10.1 Å². The SMILES string of the molecule is COc1ccccc1C[C@@H](C)CC(=O)Nc1nccc(C)n1. The average molecular weight is 299 g/mol. The van der Waals surface area contributed by atoms with Crippen LogP contribution in [-0.2, 0) is 11.2 Å². The molecule has 1 aromatic carbocycles. The number of hydrogen-bond donors (Lipinski definition) is 1. The largest absolute Gasteiger partial charge is 0.496 e. The quantitative estimate of drug-likeness (QED) is 0.890. The first-order chi connectivity index (χ1) is 10.6. The summed E-state index contributed by atoms with van der Waals surface area (Å²) < 4.78 is 5.34.